The molecule has 0 aliphatic rings. The molecule has 0 unspecified atom stereocenters. The van der Waals surface area contributed by atoms with Crippen molar-refractivity contribution in [2.45, 2.75) is 13.8 Å². The molecule has 0 spiro atoms. The second-order valence-corrected chi connectivity index (χ2v) is 4.31. The molecule has 2 rings (SSSR count). The fourth-order valence-electron chi connectivity index (χ4n) is 1.73. The summed E-state index contributed by atoms with van der Waals surface area (Å²) in [6.45, 7) is 3.85. The van der Waals surface area contributed by atoms with Crippen molar-refractivity contribution < 1.29 is 5.11 Å². The molecule has 0 aliphatic carbocycles. The maximum atomic E-state index is 9.96. The molecule has 19 heavy (non-hydrogen) atoms. The van der Waals surface area contributed by atoms with Crippen LogP contribution >= 0.6 is 0 Å². The van der Waals surface area contributed by atoms with Gasteiger partial charge in [0.05, 0.1) is 11.3 Å². The van der Waals surface area contributed by atoms with Gasteiger partial charge in [0.25, 0.3) is 0 Å². The molecule has 0 amide bonds. The summed E-state index contributed by atoms with van der Waals surface area (Å²) >= 11 is 0. The van der Waals surface area contributed by atoms with E-state index in [-0.39, 0.29) is 5.75 Å². The molecule has 2 aromatic rings. The number of hydrogen-bond acceptors (Lipinski definition) is 3. The van der Waals surface area contributed by atoms with E-state index in [0.717, 1.165) is 16.8 Å². The van der Waals surface area contributed by atoms with Gasteiger partial charge < -0.3 is 5.11 Å². The number of azo groups is 1. The average molecular weight is 250 g/mol. The van der Waals surface area contributed by atoms with Crippen molar-refractivity contribution in [3.05, 3.63) is 53.1 Å². The first-order chi connectivity index (χ1) is 9.11. The Kier molecular flexibility index (Phi) is 3.63. The fourth-order valence-corrected chi connectivity index (χ4v) is 1.73. The van der Waals surface area contributed by atoms with E-state index in [1.807, 2.05) is 38.1 Å². The lowest BCUT2D eigenvalue weighted by atomic mass is 10.1. The molecule has 0 atom stereocenters. The van der Waals surface area contributed by atoms with Gasteiger partial charge in [-0.3, -0.25) is 0 Å². The molecule has 0 saturated heterocycles. The van der Waals surface area contributed by atoms with Crippen LogP contribution in [0.1, 0.15) is 16.7 Å². The lowest BCUT2D eigenvalue weighted by Gasteiger charge is -2.03. The van der Waals surface area contributed by atoms with Crippen molar-refractivity contribution in [3.8, 4) is 18.1 Å². The van der Waals surface area contributed by atoms with Crippen LogP contribution in [0, 0.1) is 26.2 Å². The molecule has 2 aromatic carbocycles. The Hall–Kier alpha value is -2.60. The molecule has 94 valence electrons. The quantitative estimate of drug-likeness (QED) is 0.623. The van der Waals surface area contributed by atoms with Gasteiger partial charge in [0.2, 0.25) is 0 Å². The summed E-state index contributed by atoms with van der Waals surface area (Å²) in [5, 5.41) is 18.2. The first-order valence-corrected chi connectivity index (χ1v) is 5.89. The first kappa shape index (κ1) is 12.8. The summed E-state index contributed by atoms with van der Waals surface area (Å²) in [7, 11) is 0. The van der Waals surface area contributed by atoms with Gasteiger partial charge in [-0.05, 0) is 43.2 Å². The second kappa shape index (κ2) is 5.36. The number of phenols is 1. The Labute approximate surface area is 112 Å². The van der Waals surface area contributed by atoms with E-state index in [1.165, 1.54) is 0 Å². The van der Waals surface area contributed by atoms with Crippen molar-refractivity contribution in [1.82, 2.24) is 0 Å². The van der Waals surface area contributed by atoms with Gasteiger partial charge in [0, 0.05) is 0 Å². The highest BCUT2D eigenvalue weighted by molar-refractivity contribution is 5.62. The maximum Gasteiger partial charge on any atom is 0.158 e. The van der Waals surface area contributed by atoms with Crippen LogP contribution in [0.25, 0.3) is 0 Å². The Morgan fingerprint density at radius 3 is 2.42 bits per heavy atom. The monoisotopic (exact) mass is 250 g/mol. The number of phenolic OH excluding ortho intramolecular Hbond substituents is 1. The summed E-state index contributed by atoms with van der Waals surface area (Å²) in [5.74, 6) is 2.43. The Morgan fingerprint density at radius 2 is 1.74 bits per heavy atom. The average Bonchev–Trinajstić information content (AvgIpc) is 2.41. The topological polar surface area (TPSA) is 45.0 Å². The van der Waals surface area contributed by atoms with Crippen LogP contribution in [-0.4, -0.2) is 5.11 Å². The van der Waals surface area contributed by atoms with Crippen LogP contribution < -0.4 is 0 Å². The van der Waals surface area contributed by atoms with Crippen LogP contribution in [0.4, 0.5) is 11.4 Å². The van der Waals surface area contributed by atoms with Gasteiger partial charge in [-0.1, -0.05) is 24.1 Å². The zero-order chi connectivity index (χ0) is 13.8. The van der Waals surface area contributed by atoms with E-state index < -0.39 is 0 Å². The summed E-state index contributed by atoms with van der Waals surface area (Å²) in [5.41, 5.74) is 3.54. The summed E-state index contributed by atoms with van der Waals surface area (Å²) in [6, 6.07) is 11.1. The van der Waals surface area contributed by atoms with Gasteiger partial charge in [0.1, 0.15) is 5.69 Å². The van der Waals surface area contributed by atoms with Crippen molar-refractivity contribution >= 4 is 11.4 Å². The van der Waals surface area contributed by atoms with E-state index in [2.05, 4.69) is 16.1 Å². The first-order valence-electron chi connectivity index (χ1n) is 5.89. The minimum absolute atomic E-state index is 0.00886. The highest BCUT2D eigenvalue weighted by Crippen LogP contribution is 2.33. The minimum Gasteiger partial charge on any atom is -0.504 e. The number of hydrogen-bond donors (Lipinski definition) is 1. The van der Waals surface area contributed by atoms with Gasteiger partial charge in [0.15, 0.2) is 5.75 Å². The summed E-state index contributed by atoms with van der Waals surface area (Å²) in [4.78, 5) is 0. The SMILES string of the molecule is C#Cc1cc(C)cc(N=Nc2ccccc2C)c1O. The van der Waals surface area contributed by atoms with E-state index in [0.29, 0.717) is 11.3 Å². The van der Waals surface area contributed by atoms with Gasteiger partial charge in [-0.2, -0.15) is 5.11 Å². The van der Waals surface area contributed by atoms with E-state index in [9.17, 15) is 5.11 Å². The molecule has 0 fully saturated rings. The van der Waals surface area contributed by atoms with Crippen molar-refractivity contribution in [3.63, 3.8) is 0 Å². The molecule has 0 saturated carbocycles. The minimum atomic E-state index is -0.00886. The molecule has 0 radical (unpaired) electrons. The molecule has 0 aliphatic heterocycles. The van der Waals surface area contributed by atoms with Crippen molar-refractivity contribution in [2.75, 3.05) is 0 Å². The molecule has 1 N–H and O–H groups in total. The third kappa shape index (κ3) is 2.80. The highest BCUT2D eigenvalue weighted by Gasteiger charge is 2.06. The zero-order valence-corrected chi connectivity index (χ0v) is 10.9. The van der Waals surface area contributed by atoms with Gasteiger partial charge >= 0.3 is 0 Å². The fraction of sp³-hybridized carbons (Fsp3) is 0.125. The van der Waals surface area contributed by atoms with Crippen molar-refractivity contribution in [2.24, 2.45) is 10.2 Å². The molecule has 0 bridgehead atoms. The molecule has 3 nitrogen and oxygen atoms in total. The van der Waals surface area contributed by atoms with Crippen LogP contribution in [0.15, 0.2) is 46.6 Å². The number of benzene rings is 2. The van der Waals surface area contributed by atoms with Gasteiger partial charge in [-0.15, -0.1) is 11.5 Å². The van der Waals surface area contributed by atoms with E-state index in [1.54, 1.807) is 12.1 Å². The highest BCUT2D eigenvalue weighted by atomic mass is 16.3. The largest absolute Gasteiger partial charge is 0.504 e. The van der Waals surface area contributed by atoms with E-state index in [4.69, 9.17) is 6.42 Å². The number of aryl methyl sites for hydroxylation is 2. The number of terminal acetylenes is 1. The second-order valence-electron chi connectivity index (χ2n) is 4.31. The molecular weight excluding hydrogens is 236 g/mol. The molecular formula is C16H14N2O. The number of nitrogens with zero attached hydrogens (tertiary/aromatic N) is 2. The summed E-state index contributed by atoms with van der Waals surface area (Å²) in [6.07, 6.45) is 5.34. The van der Waals surface area contributed by atoms with E-state index >= 15 is 0 Å². The third-order valence-electron chi connectivity index (χ3n) is 2.77. The van der Waals surface area contributed by atoms with Gasteiger partial charge in [-0.25, -0.2) is 0 Å². The third-order valence-corrected chi connectivity index (χ3v) is 2.77. The molecule has 0 aromatic heterocycles. The predicted octanol–water partition coefficient (Wildman–Crippen LogP) is 4.41. The number of aromatic hydroxyl groups is 1. The lowest BCUT2D eigenvalue weighted by molar-refractivity contribution is 0.474. The van der Waals surface area contributed by atoms with Crippen LogP contribution in [0.3, 0.4) is 0 Å². The standard InChI is InChI=1S/C16H14N2O/c1-4-13-9-11(2)10-15(16(13)19)18-17-14-8-6-5-7-12(14)3/h1,5-10,19H,2-3H3. The summed E-state index contributed by atoms with van der Waals surface area (Å²) < 4.78 is 0. The van der Waals surface area contributed by atoms with Crippen molar-refractivity contribution in [1.29, 1.82) is 0 Å². The van der Waals surface area contributed by atoms with Crippen LogP contribution in [-0.2, 0) is 0 Å². The zero-order valence-electron chi connectivity index (χ0n) is 10.9. The van der Waals surface area contributed by atoms with Crippen LogP contribution in [0.2, 0.25) is 0 Å². The predicted molar refractivity (Wildman–Crippen MR) is 76.1 cm³/mol. The molecule has 0 heterocycles. The maximum absolute atomic E-state index is 9.96. The molecule has 3 heteroatoms. The Morgan fingerprint density at radius 1 is 1.05 bits per heavy atom. The smallest absolute Gasteiger partial charge is 0.158 e. The Bertz CT molecular complexity index is 682. The Balaban J connectivity index is 2.42. The number of rotatable bonds is 2. The normalized spacial score (nSPS) is 10.6. The van der Waals surface area contributed by atoms with Crippen LogP contribution in [0.5, 0.6) is 5.75 Å². The lowest BCUT2D eigenvalue weighted by Crippen LogP contribution is -1.80.